The third-order valence-corrected chi connectivity index (χ3v) is 1.90. The lowest BCUT2D eigenvalue weighted by Crippen LogP contribution is -2.11. The molecule has 0 bridgehead atoms. The molecule has 0 radical (unpaired) electrons. The maximum Gasteiger partial charge on any atom is 0.389 e. The number of aliphatic hydroxyl groups excluding tert-OH is 1. The van der Waals surface area contributed by atoms with Crippen molar-refractivity contribution in [2.45, 2.75) is 25.1 Å². The molecule has 0 aliphatic carbocycles. The summed E-state index contributed by atoms with van der Waals surface area (Å²) in [4.78, 5) is 3.71. The van der Waals surface area contributed by atoms with Crippen LogP contribution >= 0.6 is 0 Å². The molecule has 0 aliphatic rings. The lowest BCUT2D eigenvalue weighted by Gasteiger charge is -2.12. The first-order valence-electron chi connectivity index (χ1n) is 4.11. The minimum Gasteiger partial charge on any atom is -0.387 e. The summed E-state index contributed by atoms with van der Waals surface area (Å²) in [5, 5.41) is 9.39. The predicted molar refractivity (Wildman–Crippen MR) is 43.5 cm³/mol. The van der Waals surface area contributed by atoms with Gasteiger partial charge < -0.3 is 9.67 Å². The van der Waals surface area contributed by atoms with E-state index in [-0.39, 0.29) is 6.42 Å². The molecule has 0 fully saturated rings. The van der Waals surface area contributed by atoms with Gasteiger partial charge in [-0.1, -0.05) is 0 Å². The van der Waals surface area contributed by atoms with Crippen molar-refractivity contribution in [1.82, 2.24) is 9.55 Å². The summed E-state index contributed by atoms with van der Waals surface area (Å²) in [5.41, 5.74) is 0.397. The highest BCUT2D eigenvalue weighted by Crippen LogP contribution is 2.26. The summed E-state index contributed by atoms with van der Waals surface area (Å²) < 4.78 is 37.0. The fourth-order valence-corrected chi connectivity index (χ4v) is 1.14. The van der Waals surface area contributed by atoms with Crippen LogP contribution in [0.5, 0.6) is 0 Å². The monoisotopic (exact) mass is 208 g/mol. The first-order chi connectivity index (χ1) is 6.40. The van der Waals surface area contributed by atoms with Crippen molar-refractivity contribution >= 4 is 0 Å². The topological polar surface area (TPSA) is 38.0 Å². The zero-order chi connectivity index (χ0) is 10.8. The van der Waals surface area contributed by atoms with E-state index >= 15 is 0 Å². The third-order valence-electron chi connectivity index (χ3n) is 1.90. The molecule has 0 spiro atoms. The van der Waals surface area contributed by atoms with Crippen LogP contribution in [0.2, 0.25) is 0 Å². The molecule has 0 aromatic carbocycles. The van der Waals surface area contributed by atoms with Gasteiger partial charge in [0.25, 0.3) is 0 Å². The van der Waals surface area contributed by atoms with Crippen LogP contribution in [0.3, 0.4) is 0 Å². The van der Waals surface area contributed by atoms with Crippen molar-refractivity contribution in [1.29, 1.82) is 0 Å². The Balaban J connectivity index is 2.51. The van der Waals surface area contributed by atoms with E-state index in [1.165, 1.54) is 17.1 Å². The Morgan fingerprint density at radius 2 is 2.21 bits per heavy atom. The molecule has 1 heterocycles. The van der Waals surface area contributed by atoms with Gasteiger partial charge in [-0.15, -0.1) is 0 Å². The summed E-state index contributed by atoms with van der Waals surface area (Å²) in [5.74, 6) is 0. The SMILES string of the molecule is Cn1cncc1C(O)CCC(F)(F)F. The van der Waals surface area contributed by atoms with Crippen molar-refractivity contribution < 1.29 is 18.3 Å². The van der Waals surface area contributed by atoms with Gasteiger partial charge in [0.15, 0.2) is 0 Å². The van der Waals surface area contributed by atoms with E-state index in [2.05, 4.69) is 4.98 Å². The zero-order valence-electron chi connectivity index (χ0n) is 7.62. The van der Waals surface area contributed by atoms with E-state index in [1.807, 2.05) is 0 Å². The number of aryl methyl sites for hydroxylation is 1. The predicted octanol–water partition coefficient (Wildman–Crippen LogP) is 1.80. The number of aliphatic hydroxyl groups is 1. The van der Waals surface area contributed by atoms with Gasteiger partial charge in [-0.05, 0) is 6.42 Å². The second-order valence-corrected chi connectivity index (χ2v) is 3.10. The molecule has 1 rings (SSSR count). The van der Waals surface area contributed by atoms with Crippen molar-refractivity contribution in [3.05, 3.63) is 18.2 Å². The summed E-state index contributed by atoms with van der Waals surface area (Å²) >= 11 is 0. The molecule has 80 valence electrons. The number of hydrogen-bond donors (Lipinski definition) is 1. The van der Waals surface area contributed by atoms with Crippen molar-refractivity contribution in [3.63, 3.8) is 0 Å². The minimum absolute atomic E-state index is 0.330. The molecule has 1 aromatic rings. The van der Waals surface area contributed by atoms with Gasteiger partial charge in [0.1, 0.15) is 0 Å². The highest BCUT2D eigenvalue weighted by molar-refractivity contribution is 5.01. The Bertz CT molecular complexity index is 295. The highest BCUT2D eigenvalue weighted by Gasteiger charge is 2.28. The van der Waals surface area contributed by atoms with Crippen LogP contribution in [-0.2, 0) is 7.05 Å². The Labute approximate surface area is 79.2 Å². The Morgan fingerprint density at radius 3 is 2.64 bits per heavy atom. The number of rotatable bonds is 3. The quantitative estimate of drug-likeness (QED) is 0.822. The number of halogens is 3. The van der Waals surface area contributed by atoms with Crippen molar-refractivity contribution in [2.24, 2.45) is 7.05 Å². The molecule has 1 N–H and O–H groups in total. The first-order valence-corrected chi connectivity index (χ1v) is 4.11. The molecule has 0 amide bonds. The van der Waals surface area contributed by atoms with Crippen LogP contribution in [-0.4, -0.2) is 20.8 Å². The molecule has 14 heavy (non-hydrogen) atoms. The van der Waals surface area contributed by atoms with Crippen LogP contribution in [0.1, 0.15) is 24.6 Å². The molecule has 0 saturated heterocycles. The lowest BCUT2D eigenvalue weighted by atomic mass is 10.1. The van der Waals surface area contributed by atoms with Gasteiger partial charge in [-0.2, -0.15) is 13.2 Å². The lowest BCUT2D eigenvalue weighted by molar-refractivity contribution is -0.140. The second kappa shape index (κ2) is 4.00. The highest BCUT2D eigenvalue weighted by atomic mass is 19.4. The van der Waals surface area contributed by atoms with Crippen molar-refractivity contribution in [3.8, 4) is 0 Å². The van der Waals surface area contributed by atoms with Crippen LogP contribution < -0.4 is 0 Å². The normalized spacial score (nSPS) is 14.4. The van der Waals surface area contributed by atoms with E-state index < -0.39 is 18.7 Å². The molecule has 0 aliphatic heterocycles. The third kappa shape index (κ3) is 3.02. The molecule has 0 saturated carbocycles. The zero-order valence-corrected chi connectivity index (χ0v) is 7.62. The maximum absolute atomic E-state index is 11.8. The van der Waals surface area contributed by atoms with E-state index in [9.17, 15) is 18.3 Å². The number of nitrogens with zero attached hydrogens (tertiary/aromatic N) is 2. The van der Waals surface area contributed by atoms with E-state index in [4.69, 9.17) is 0 Å². The Hall–Kier alpha value is -1.04. The van der Waals surface area contributed by atoms with Gasteiger partial charge in [0.2, 0.25) is 0 Å². The van der Waals surface area contributed by atoms with Crippen molar-refractivity contribution in [2.75, 3.05) is 0 Å². The maximum atomic E-state index is 11.8. The van der Waals surface area contributed by atoms with Gasteiger partial charge >= 0.3 is 6.18 Å². The molecule has 3 nitrogen and oxygen atoms in total. The fourth-order valence-electron chi connectivity index (χ4n) is 1.14. The van der Waals surface area contributed by atoms with Gasteiger partial charge in [-0.25, -0.2) is 4.98 Å². The van der Waals surface area contributed by atoms with Gasteiger partial charge in [-0.3, -0.25) is 0 Å². The standard InChI is InChI=1S/C8H11F3N2O/c1-13-5-12-4-6(13)7(14)2-3-8(9,10)11/h4-5,7,14H,2-3H2,1H3. The molecule has 6 heteroatoms. The van der Waals surface area contributed by atoms with Gasteiger partial charge in [0.05, 0.1) is 24.3 Å². The summed E-state index contributed by atoms with van der Waals surface area (Å²) in [6.45, 7) is 0. The Morgan fingerprint density at radius 1 is 1.57 bits per heavy atom. The van der Waals surface area contributed by atoms with E-state index in [0.717, 1.165) is 0 Å². The number of hydrogen-bond acceptors (Lipinski definition) is 2. The summed E-state index contributed by atoms with van der Waals surface area (Å²) in [7, 11) is 1.62. The molecule has 1 unspecified atom stereocenters. The van der Waals surface area contributed by atoms with E-state index in [1.54, 1.807) is 7.05 Å². The van der Waals surface area contributed by atoms with Gasteiger partial charge in [0, 0.05) is 13.5 Å². The first kappa shape index (κ1) is 11.0. The molecular weight excluding hydrogens is 197 g/mol. The smallest absolute Gasteiger partial charge is 0.387 e. The number of aromatic nitrogens is 2. The number of imidazole rings is 1. The molecular formula is C8H11F3N2O. The van der Waals surface area contributed by atoms with Crippen LogP contribution in [0.25, 0.3) is 0 Å². The molecule has 1 atom stereocenters. The van der Waals surface area contributed by atoms with Crippen LogP contribution in [0, 0.1) is 0 Å². The Kier molecular flexibility index (Phi) is 3.15. The second-order valence-electron chi connectivity index (χ2n) is 3.10. The fraction of sp³-hybridized carbons (Fsp3) is 0.625. The minimum atomic E-state index is -4.22. The average molecular weight is 208 g/mol. The average Bonchev–Trinajstić information content (AvgIpc) is 2.46. The number of alkyl halides is 3. The van der Waals surface area contributed by atoms with E-state index in [0.29, 0.717) is 5.69 Å². The summed E-state index contributed by atoms with van der Waals surface area (Å²) in [6, 6.07) is 0. The largest absolute Gasteiger partial charge is 0.389 e. The van der Waals surface area contributed by atoms with Crippen LogP contribution in [0.4, 0.5) is 13.2 Å². The van der Waals surface area contributed by atoms with Crippen LogP contribution in [0.15, 0.2) is 12.5 Å². The summed E-state index contributed by atoms with van der Waals surface area (Å²) in [6.07, 6.45) is -3.85. The molecule has 1 aromatic heterocycles.